The number of benzene rings is 3. The van der Waals surface area contributed by atoms with Gasteiger partial charge in [-0.15, -0.1) is 0 Å². The Morgan fingerprint density at radius 3 is 1.50 bits per heavy atom. The van der Waals surface area contributed by atoms with Crippen LogP contribution in [-0.2, 0) is 0 Å². The van der Waals surface area contributed by atoms with Crippen LogP contribution in [0.3, 0.4) is 0 Å². The summed E-state index contributed by atoms with van der Waals surface area (Å²) in [6.45, 7) is 4.56. The summed E-state index contributed by atoms with van der Waals surface area (Å²) in [6.07, 6.45) is 1.16. The minimum Gasteiger partial charge on any atom is -0.0648 e. The molecule has 0 N–H and O–H groups in total. The summed E-state index contributed by atoms with van der Waals surface area (Å²) in [6, 6.07) is 28.3. The molecule has 3 aromatic carbocycles. The SMILES string of the molecule is CCC(C)c1cc(-c2ccccc2)cc(-c2ccccc2)c1. The van der Waals surface area contributed by atoms with Crippen LogP contribution in [0.4, 0.5) is 0 Å². The van der Waals surface area contributed by atoms with E-state index in [-0.39, 0.29) is 0 Å². The number of hydrogen-bond donors (Lipinski definition) is 0. The summed E-state index contributed by atoms with van der Waals surface area (Å²) in [5.41, 5.74) is 6.59. The van der Waals surface area contributed by atoms with E-state index in [0.29, 0.717) is 5.92 Å². The van der Waals surface area contributed by atoms with Gasteiger partial charge in [0.1, 0.15) is 0 Å². The van der Waals surface area contributed by atoms with E-state index in [9.17, 15) is 0 Å². The van der Waals surface area contributed by atoms with Crippen LogP contribution >= 0.6 is 0 Å². The Morgan fingerprint density at radius 2 is 1.09 bits per heavy atom. The molecule has 0 nitrogen and oxygen atoms in total. The van der Waals surface area contributed by atoms with E-state index in [2.05, 4.69) is 92.7 Å². The second-order valence-corrected chi connectivity index (χ2v) is 5.89. The van der Waals surface area contributed by atoms with E-state index in [1.165, 1.54) is 27.8 Å². The molecule has 3 aromatic rings. The lowest BCUT2D eigenvalue weighted by Crippen LogP contribution is -1.93. The van der Waals surface area contributed by atoms with E-state index in [1.54, 1.807) is 0 Å². The first-order chi connectivity index (χ1) is 10.8. The van der Waals surface area contributed by atoms with Gasteiger partial charge in [-0.05, 0) is 46.2 Å². The maximum absolute atomic E-state index is 2.34. The molecule has 0 aromatic heterocycles. The first-order valence-corrected chi connectivity index (χ1v) is 8.03. The molecular formula is C22H22. The normalized spacial score (nSPS) is 12.1. The van der Waals surface area contributed by atoms with Crippen LogP contribution in [0.2, 0.25) is 0 Å². The van der Waals surface area contributed by atoms with E-state index in [1.807, 2.05) is 0 Å². The van der Waals surface area contributed by atoms with Crippen molar-refractivity contribution < 1.29 is 0 Å². The summed E-state index contributed by atoms with van der Waals surface area (Å²) in [7, 11) is 0. The summed E-state index contributed by atoms with van der Waals surface area (Å²) in [4.78, 5) is 0. The van der Waals surface area contributed by atoms with E-state index < -0.39 is 0 Å². The van der Waals surface area contributed by atoms with Crippen molar-refractivity contribution in [2.45, 2.75) is 26.2 Å². The predicted octanol–water partition coefficient (Wildman–Crippen LogP) is 6.53. The molecule has 22 heavy (non-hydrogen) atoms. The van der Waals surface area contributed by atoms with Gasteiger partial charge in [-0.1, -0.05) is 86.6 Å². The van der Waals surface area contributed by atoms with Crippen LogP contribution in [0.5, 0.6) is 0 Å². The fourth-order valence-corrected chi connectivity index (χ4v) is 2.77. The third-order valence-corrected chi connectivity index (χ3v) is 4.35. The average molecular weight is 286 g/mol. The highest BCUT2D eigenvalue weighted by Gasteiger charge is 2.09. The van der Waals surface area contributed by atoms with Crippen molar-refractivity contribution in [1.29, 1.82) is 0 Å². The van der Waals surface area contributed by atoms with Crippen LogP contribution in [-0.4, -0.2) is 0 Å². The van der Waals surface area contributed by atoms with Crippen molar-refractivity contribution in [3.63, 3.8) is 0 Å². The first kappa shape index (κ1) is 14.6. The van der Waals surface area contributed by atoms with E-state index in [4.69, 9.17) is 0 Å². The second kappa shape index (κ2) is 6.62. The molecule has 0 aliphatic rings. The molecule has 0 aliphatic heterocycles. The van der Waals surface area contributed by atoms with Crippen molar-refractivity contribution in [3.05, 3.63) is 84.4 Å². The van der Waals surface area contributed by atoms with Gasteiger partial charge in [0.15, 0.2) is 0 Å². The fraction of sp³-hybridized carbons (Fsp3) is 0.182. The smallest absolute Gasteiger partial charge is 0.0175 e. The minimum atomic E-state index is 0.575. The standard InChI is InChI=1S/C22H22/c1-3-17(2)20-14-21(18-10-6-4-7-11-18)16-22(15-20)19-12-8-5-9-13-19/h4-17H,3H2,1-2H3. The molecule has 0 saturated carbocycles. The summed E-state index contributed by atoms with van der Waals surface area (Å²) >= 11 is 0. The van der Waals surface area contributed by atoms with Crippen LogP contribution in [0.25, 0.3) is 22.3 Å². The van der Waals surface area contributed by atoms with Gasteiger partial charge < -0.3 is 0 Å². The van der Waals surface area contributed by atoms with Crippen LogP contribution in [0.1, 0.15) is 31.7 Å². The zero-order chi connectivity index (χ0) is 15.4. The summed E-state index contributed by atoms with van der Waals surface area (Å²) in [5.74, 6) is 0.575. The monoisotopic (exact) mass is 286 g/mol. The topological polar surface area (TPSA) is 0 Å². The summed E-state index contributed by atoms with van der Waals surface area (Å²) < 4.78 is 0. The molecule has 1 atom stereocenters. The lowest BCUT2D eigenvalue weighted by molar-refractivity contribution is 0.734. The molecule has 0 heterocycles. The van der Waals surface area contributed by atoms with Crippen molar-refractivity contribution in [2.24, 2.45) is 0 Å². The van der Waals surface area contributed by atoms with Gasteiger partial charge in [0.05, 0.1) is 0 Å². The Kier molecular flexibility index (Phi) is 4.39. The summed E-state index contributed by atoms with van der Waals surface area (Å²) in [5, 5.41) is 0. The maximum atomic E-state index is 2.34. The zero-order valence-corrected chi connectivity index (χ0v) is 13.3. The Morgan fingerprint density at radius 1 is 0.636 bits per heavy atom. The Balaban J connectivity index is 2.14. The Bertz CT molecular complexity index is 669. The fourth-order valence-electron chi connectivity index (χ4n) is 2.77. The van der Waals surface area contributed by atoms with Crippen molar-refractivity contribution >= 4 is 0 Å². The quantitative estimate of drug-likeness (QED) is 0.511. The van der Waals surface area contributed by atoms with Gasteiger partial charge in [-0.2, -0.15) is 0 Å². The molecule has 0 radical (unpaired) electrons. The predicted molar refractivity (Wildman–Crippen MR) is 96.0 cm³/mol. The second-order valence-electron chi connectivity index (χ2n) is 5.89. The molecular weight excluding hydrogens is 264 g/mol. The number of rotatable bonds is 4. The lowest BCUT2D eigenvalue weighted by atomic mass is 9.90. The Hall–Kier alpha value is -2.34. The Labute approximate surface area is 133 Å². The highest BCUT2D eigenvalue weighted by Crippen LogP contribution is 2.31. The average Bonchev–Trinajstić information content (AvgIpc) is 2.62. The molecule has 1 unspecified atom stereocenters. The van der Waals surface area contributed by atoms with Crippen LogP contribution < -0.4 is 0 Å². The first-order valence-electron chi connectivity index (χ1n) is 8.03. The van der Waals surface area contributed by atoms with Crippen LogP contribution in [0.15, 0.2) is 78.9 Å². The van der Waals surface area contributed by atoms with Gasteiger partial charge in [0.2, 0.25) is 0 Å². The number of hydrogen-bond acceptors (Lipinski definition) is 0. The van der Waals surface area contributed by atoms with Gasteiger partial charge in [-0.3, -0.25) is 0 Å². The molecule has 0 fully saturated rings. The molecule has 0 saturated heterocycles. The molecule has 0 heteroatoms. The largest absolute Gasteiger partial charge is 0.0648 e. The van der Waals surface area contributed by atoms with Gasteiger partial charge in [0, 0.05) is 0 Å². The maximum Gasteiger partial charge on any atom is -0.0175 e. The van der Waals surface area contributed by atoms with Crippen molar-refractivity contribution in [2.75, 3.05) is 0 Å². The van der Waals surface area contributed by atoms with Gasteiger partial charge in [-0.25, -0.2) is 0 Å². The third-order valence-electron chi connectivity index (χ3n) is 4.35. The molecule has 0 amide bonds. The van der Waals surface area contributed by atoms with E-state index in [0.717, 1.165) is 6.42 Å². The lowest BCUT2D eigenvalue weighted by Gasteiger charge is -2.14. The third kappa shape index (κ3) is 3.12. The van der Waals surface area contributed by atoms with Crippen molar-refractivity contribution in [1.82, 2.24) is 0 Å². The minimum absolute atomic E-state index is 0.575. The van der Waals surface area contributed by atoms with Crippen molar-refractivity contribution in [3.8, 4) is 22.3 Å². The highest BCUT2D eigenvalue weighted by molar-refractivity contribution is 5.74. The molecule has 3 rings (SSSR count). The molecule has 0 aliphatic carbocycles. The van der Waals surface area contributed by atoms with Gasteiger partial charge >= 0.3 is 0 Å². The van der Waals surface area contributed by atoms with Crippen LogP contribution in [0, 0.1) is 0 Å². The molecule has 0 bridgehead atoms. The molecule has 0 spiro atoms. The van der Waals surface area contributed by atoms with Gasteiger partial charge in [0.25, 0.3) is 0 Å². The molecule has 110 valence electrons. The van der Waals surface area contributed by atoms with E-state index >= 15 is 0 Å². The zero-order valence-electron chi connectivity index (χ0n) is 13.3. The highest BCUT2D eigenvalue weighted by atomic mass is 14.1.